The van der Waals surface area contributed by atoms with E-state index in [1.54, 1.807) is 6.20 Å². The van der Waals surface area contributed by atoms with E-state index in [-0.39, 0.29) is 11.8 Å². The molecular weight excluding hydrogens is 276 g/mol. The second-order valence-electron chi connectivity index (χ2n) is 5.73. The van der Waals surface area contributed by atoms with Gasteiger partial charge in [0.05, 0.1) is 12.7 Å². The van der Waals surface area contributed by atoms with Gasteiger partial charge in [-0.2, -0.15) is 5.10 Å². The largest absolute Gasteiger partial charge is 0.378 e. The lowest BCUT2D eigenvalue weighted by atomic mass is 10.1. The molecule has 118 valence electrons. The van der Waals surface area contributed by atoms with E-state index in [0.29, 0.717) is 6.54 Å². The number of hydrogen-bond acceptors (Lipinski definition) is 3. The smallest absolute Gasteiger partial charge is 0.228 e. The molecule has 0 aliphatic heterocycles. The van der Waals surface area contributed by atoms with Crippen LogP contribution in [-0.2, 0) is 11.3 Å². The van der Waals surface area contributed by atoms with E-state index in [9.17, 15) is 4.79 Å². The van der Waals surface area contributed by atoms with Crippen molar-refractivity contribution in [1.29, 1.82) is 0 Å². The standard InChI is InChI=1S/C17H24N4O/c1-5-13(2)17(22)19-16-10-11-18-21(16)12-14-6-8-15(9-7-14)20(3)4/h6-11,13H,5,12H2,1-4H3,(H,19,22). The molecule has 1 amide bonds. The number of amides is 1. The Morgan fingerprint density at radius 2 is 1.95 bits per heavy atom. The quantitative estimate of drug-likeness (QED) is 0.892. The summed E-state index contributed by atoms with van der Waals surface area (Å²) in [7, 11) is 4.04. The Hall–Kier alpha value is -2.30. The SMILES string of the molecule is CCC(C)C(=O)Nc1ccnn1Cc1ccc(N(C)C)cc1. The van der Waals surface area contributed by atoms with Gasteiger partial charge in [-0.1, -0.05) is 26.0 Å². The summed E-state index contributed by atoms with van der Waals surface area (Å²) in [5.41, 5.74) is 2.31. The molecule has 0 saturated carbocycles. The highest BCUT2D eigenvalue weighted by Crippen LogP contribution is 2.16. The first-order valence-electron chi connectivity index (χ1n) is 7.60. The maximum atomic E-state index is 12.0. The second kappa shape index (κ2) is 7.11. The second-order valence-corrected chi connectivity index (χ2v) is 5.73. The first kappa shape index (κ1) is 16.1. The number of nitrogens with zero attached hydrogens (tertiary/aromatic N) is 3. The van der Waals surface area contributed by atoms with Crippen LogP contribution in [-0.4, -0.2) is 29.8 Å². The third-order valence-electron chi connectivity index (χ3n) is 3.81. The summed E-state index contributed by atoms with van der Waals surface area (Å²) < 4.78 is 1.81. The van der Waals surface area contributed by atoms with Crippen LogP contribution in [0.3, 0.4) is 0 Å². The summed E-state index contributed by atoms with van der Waals surface area (Å²) in [5.74, 6) is 0.775. The number of carbonyl (C=O) groups excluding carboxylic acids is 1. The highest BCUT2D eigenvalue weighted by atomic mass is 16.1. The summed E-state index contributed by atoms with van der Waals surface area (Å²) in [4.78, 5) is 14.1. The molecule has 1 heterocycles. The Morgan fingerprint density at radius 3 is 2.55 bits per heavy atom. The minimum Gasteiger partial charge on any atom is -0.378 e. The van der Waals surface area contributed by atoms with Crippen LogP contribution >= 0.6 is 0 Å². The molecule has 0 radical (unpaired) electrons. The molecule has 5 nitrogen and oxygen atoms in total. The minimum atomic E-state index is 0.00252. The van der Waals surface area contributed by atoms with Crippen LogP contribution < -0.4 is 10.2 Å². The molecular formula is C17H24N4O. The number of benzene rings is 1. The van der Waals surface area contributed by atoms with Crippen molar-refractivity contribution in [1.82, 2.24) is 9.78 Å². The summed E-state index contributed by atoms with van der Waals surface area (Å²) in [6.07, 6.45) is 2.53. The van der Waals surface area contributed by atoms with Gasteiger partial charge >= 0.3 is 0 Å². The lowest BCUT2D eigenvalue weighted by Crippen LogP contribution is -2.22. The molecule has 2 aromatic rings. The Labute approximate surface area is 131 Å². The fraction of sp³-hybridized carbons (Fsp3) is 0.412. The molecule has 0 fully saturated rings. The van der Waals surface area contributed by atoms with E-state index in [1.165, 1.54) is 0 Å². The lowest BCUT2D eigenvalue weighted by molar-refractivity contribution is -0.119. The van der Waals surface area contributed by atoms with Crippen molar-refractivity contribution in [2.75, 3.05) is 24.3 Å². The Morgan fingerprint density at radius 1 is 1.27 bits per heavy atom. The Bertz CT molecular complexity index is 616. The molecule has 5 heteroatoms. The van der Waals surface area contributed by atoms with Gasteiger partial charge in [0.2, 0.25) is 5.91 Å². The van der Waals surface area contributed by atoms with Gasteiger partial charge in [-0.3, -0.25) is 4.79 Å². The summed E-state index contributed by atoms with van der Waals surface area (Å²) in [6, 6.07) is 10.1. The van der Waals surface area contributed by atoms with Gasteiger partial charge < -0.3 is 10.2 Å². The zero-order chi connectivity index (χ0) is 16.1. The van der Waals surface area contributed by atoms with Crippen molar-refractivity contribution in [2.45, 2.75) is 26.8 Å². The van der Waals surface area contributed by atoms with Gasteiger partial charge in [0.25, 0.3) is 0 Å². The van der Waals surface area contributed by atoms with Crippen LogP contribution in [0.25, 0.3) is 0 Å². The van der Waals surface area contributed by atoms with Gasteiger partial charge in [0, 0.05) is 31.8 Å². The molecule has 0 saturated heterocycles. The monoisotopic (exact) mass is 300 g/mol. The molecule has 0 aliphatic carbocycles. The van der Waals surface area contributed by atoms with Crippen molar-refractivity contribution in [3.8, 4) is 0 Å². The zero-order valence-corrected chi connectivity index (χ0v) is 13.7. The molecule has 22 heavy (non-hydrogen) atoms. The van der Waals surface area contributed by atoms with E-state index >= 15 is 0 Å². The molecule has 2 rings (SSSR count). The molecule has 0 spiro atoms. The summed E-state index contributed by atoms with van der Waals surface area (Å²) in [5, 5.41) is 7.24. The van der Waals surface area contributed by atoms with Gasteiger partial charge in [-0.05, 0) is 24.1 Å². The van der Waals surface area contributed by atoms with Crippen molar-refractivity contribution >= 4 is 17.4 Å². The van der Waals surface area contributed by atoms with Gasteiger partial charge in [-0.15, -0.1) is 0 Å². The number of aromatic nitrogens is 2. The van der Waals surface area contributed by atoms with Crippen LogP contribution in [0.1, 0.15) is 25.8 Å². The van der Waals surface area contributed by atoms with E-state index in [4.69, 9.17) is 0 Å². The fourth-order valence-corrected chi connectivity index (χ4v) is 2.07. The van der Waals surface area contributed by atoms with E-state index in [1.807, 2.05) is 38.7 Å². The van der Waals surface area contributed by atoms with Crippen LogP contribution in [0.4, 0.5) is 11.5 Å². The zero-order valence-electron chi connectivity index (χ0n) is 13.7. The van der Waals surface area contributed by atoms with Gasteiger partial charge in [0.1, 0.15) is 5.82 Å². The Balaban J connectivity index is 2.08. The number of hydrogen-bond donors (Lipinski definition) is 1. The van der Waals surface area contributed by atoms with Crippen molar-refractivity contribution < 1.29 is 4.79 Å². The minimum absolute atomic E-state index is 0.00252. The van der Waals surface area contributed by atoms with E-state index < -0.39 is 0 Å². The molecule has 1 N–H and O–H groups in total. The fourth-order valence-electron chi connectivity index (χ4n) is 2.07. The lowest BCUT2D eigenvalue weighted by Gasteiger charge is -2.14. The number of carbonyl (C=O) groups is 1. The number of nitrogens with one attached hydrogen (secondary N) is 1. The Kier molecular flexibility index (Phi) is 5.20. The average Bonchev–Trinajstić information content (AvgIpc) is 2.93. The molecule has 1 aromatic carbocycles. The topological polar surface area (TPSA) is 50.2 Å². The van der Waals surface area contributed by atoms with Crippen molar-refractivity contribution in [3.63, 3.8) is 0 Å². The molecule has 0 bridgehead atoms. The van der Waals surface area contributed by atoms with Crippen LogP contribution in [0.2, 0.25) is 0 Å². The average molecular weight is 300 g/mol. The maximum absolute atomic E-state index is 12.0. The van der Waals surface area contributed by atoms with Crippen molar-refractivity contribution in [3.05, 3.63) is 42.1 Å². The van der Waals surface area contributed by atoms with E-state index in [2.05, 4.69) is 39.6 Å². The first-order chi connectivity index (χ1) is 10.5. The number of rotatable bonds is 6. The highest BCUT2D eigenvalue weighted by molar-refractivity contribution is 5.91. The molecule has 1 unspecified atom stereocenters. The van der Waals surface area contributed by atoms with Crippen LogP contribution in [0.15, 0.2) is 36.5 Å². The summed E-state index contributed by atoms with van der Waals surface area (Å²) in [6.45, 7) is 4.57. The van der Waals surface area contributed by atoms with Crippen LogP contribution in [0.5, 0.6) is 0 Å². The van der Waals surface area contributed by atoms with Crippen molar-refractivity contribution in [2.24, 2.45) is 5.92 Å². The normalized spacial score (nSPS) is 12.0. The summed E-state index contributed by atoms with van der Waals surface area (Å²) >= 11 is 0. The molecule has 1 atom stereocenters. The van der Waals surface area contributed by atoms with Crippen LogP contribution in [0, 0.1) is 5.92 Å². The third-order valence-corrected chi connectivity index (χ3v) is 3.81. The van der Waals surface area contributed by atoms with Gasteiger partial charge in [-0.25, -0.2) is 4.68 Å². The predicted octanol–water partition coefficient (Wildman–Crippen LogP) is 2.98. The predicted molar refractivity (Wildman–Crippen MR) is 90.2 cm³/mol. The third kappa shape index (κ3) is 3.87. The first-order valence-corrected chi connectivity index (χ1v) is 7.60. The molecule has 0 aliphatic rings. The van der Waals surface area contributed by atoms with E-state index in [0.717, 1.165) is 23.5 Å². The maximum Gasteiger partial charge on any atom is 0.228 e. The highest BCUT2D eigenvalue weighted by Gasteiger charge is 2.13. The molecule has 1 aromatic heterocycles. The number of anilines is 2. The van der Waals surface area contributed by atoms with Gasteiger partial charge in [0.15, 0.2) is 0 Å².